The topological polar surface area (TPSA) is 95.0 Å². The second kappa shape index (κ2) is 11.2. The van der Waals surface area contributed by atoms with Gasteiger partial charge in [0.1, 0.15) is 29.6 Å². The number of hydrogen-bond acceptors (Lipinski definition) is 6. The lowest BCUT2D eigenvalue weighted by atomic mass is 10.2. The number of nitrogens with one attached hydrogen (secondary N) is 1. The van der Waals surface area contributed by atoms with E-state index < -0.39 is 17.7 Å². The summed E-state index contributed by atoms with van der Waals surface area (Å²) in [6.45, 7) is 3.94. The zero-order valence-corrected chi connectivity index (χ0v) is 19.5. The van der Waals surface area contributed by atoms with Gasteiger partial charge in [-0.05, 0) is 54.6 Å². The predicted octanol–water partition coefficient (Wildman–Crippen LogP) is 4.03. The largest absolute Gasteiger partial charge is 0.492 e. The summed E-state index contributed by atoms with van der Waals surface area (Å²) in [5.41, 5.74) is 0.503. The van der Waals surface area contributed by atoms with Crippen LogP contribution in [-0.4, -0.2) is 66.2 Å². The number of halogens is 2. The van der Waals surface area contributed by atoms with E-state index in [4.69, 9.17) is 16.3 Å². The van der Waals surface area contributed by atoms with Crippen molar-refractivity contribution in [2.45, 2.75) is 0 Å². The Labute approximate surface area is 206 Å². The molecule has 0 spiro atoms. The Morgan fingerprint density at radius 3 is 2.40 bits per heavy atom. The Morgan fingerprint density at radius 2 is 1.74 bits per heavy atom. The minimum Gasteiger partial charge on any atom is -0.492 e. The number of benzene rings is 2. The summed E-state index contributed by atoms with van der Waals surface area (Å²) in [5.74, 6) is -0.950. The van der Waals surface area contributed by atoms with Crippen LogP contribution < -0.4 is 15.0 Å². The molecule has 0 atom stereocenters. The molecule has 4 rings (SSSR count). The van der Waals surface area contributed by atoms with Crippen LogP contribution in [0.4, 0.5) is 15.9 Å². The maximum Gasteiger partial charge on any atom is 0.339 e. The molecule has 2 heterocycles. The molecular formula is C25H24ClFN4O4. The number of nitrogens with zero attached hydrogens (tertiary/aromatic N) is 3. The molecule has 1 fully saturated rings. The monoisotopic (exact) mass is 498 g/mol. The van der Waals surface area contributed by atoms with Gasteiger partial charge in [-0.2, -0.15) is 0 Å². The van der Waals surface area contributed by atoms with E-state index >= 15 is 0 Å². The second-order valence-corrected chi connectivity index (χ2v) is 8.43. The van der Waals surface area contributed by atoms with Crippen LogP contribution in [0.1, 0.15) is 20.7 Å². The van der Waals surface area contributed by atoms with Gasteiger partial charge in [0.15, 0.2) is 0 Å². The molecule has 0 radical (unpaired) electrons. The Kier molecular flexibility index (Phi) is 7.79. The number of carboxylic acids is 1. The fourth-order valence-electron chi connectivity index (χ4n) is 3.75. The third kappa shape index (κ3) is 6.46. The zero-order chi connectivity index (χ0) is 24.8. The maximum absolute atomic E-state index is 13.1. The van der Waals surface area contributed by atoms with E-state index in [1.165, 1.54) is 36.5 Å². The Bertz CT molecular complexity index is 1180. The summed E-state index contributed by atoms with van der Waals surface area (Å²) in [7, 11) is 0. The van der Waals surface area contributed by atoms with Crippen molar-refractivity contribution in [1.82, 2.24) is 9.88 Å². The summed E-state index contributed by atoms with van der Waals surface area (Å²) in [4.78, 5) is 32.8. The van der Waals surface area contributed by atoms with E-state index in [9.17, 15) is 19.1 Å². The van der Waals surface area contributed by atoms with Crippen molar-refractivity contribution in [2.24, 2.45) is 0 Å². The van der Waals surface area contributed by atoms with Gasteiger partial charge in [0.2, 0.25) is 0 Å². The van der Waals surface area contributed by atoms with Crippen LogP contribution in [0.5, 0.6) is 5.75 Å². The van der Waals surface area contributed by atoms with E-state index in [0.717, 1.165) is 25.4 Å². The number of rotatable bonds is 8. The predicted molar refractivity (Wildman–Crippen MR) is 131 cm³/mol. The van der Waals surface area contributed by atoms with Crippen molar-refractivity contribution < 1.29 is 23.8 Å². The van der Waals surface area contributed by atoms with Crippen molar-refractivity contribution in [1.29, 1.82) is 0 Å². The molecule has 0 bridgehead atoms. The SMILES string of the molecule is O=C(Nc1cnc(N2CCN(CCOc3ccc(Cl)cc3)CC2)c(C(=O)O)c1)c1ccc(F)cc1. The fraction of sp³-hybridized carbons (Fsp3) is 0.240. The molecule has 35 heavy (non-hydrogen) atoms. The zero-order valence-electron chi connectivity index (χ0n) is 18.8. The summed E-state index contributed by atoms with van der Waals surface area (Å²) < 4.78 is 18.8. The molecule has 2 N–H and O–H groups in total. The van der Waals surface area contributed by atoms with Gasteiger partial charge in [0.05, 0.1) is 11.9 Å². The highest BCUT2D eigenvalue weighted by atomic mass is 35.5. The number of ether oxygens (including phenoxy) is 1. The first kappa shape index (κ1) is 24.4. The van der Waals surface area contributed by atoms with Crippen LogP contribution >= 0.6 is 11.6 Å². The number of carbonyl (C=O) groups is 2. The number of pyridine rings is 1. The number of amides is 1. The molecule has 1 aliphatic rings. The molecular weight excluding hydrogens is 475 g/mol. The standard InChI is InChI=1S/C25H24ClFN4O4/c26-18-3-7-21(8-4-18)35-14-13-30-9-11-31(12-10-30)23-22(25(33)34)15-20(16-28-23)29-24(32)17-1-5-19(27)6-2-17/h1-8,15-16H,9-14H2,(H,29,32)(H,33,34). The molecule has 0 saturated carbocycles. The highest BCUT2D eigenvalue weighted by molar-refractivity contribution is 6.30. The summed E-state index contributed by atoms with van der Waals surface area (Å²) >= 11 is 5.88. The summed E-state index contributed by atoms with van der Waals surface area (Å²) in [6.07, 6.45) is 1.43. The van der Waals surface area contributed by atoms with Crippen LogP contribution in [0.2, 0.25) is 5.02 Å². The molecule has 8 nitrogen and oxygen atoms in total. The smallest absolute Gasteiger partial charge is 0.339 e. The van der Waals surface area contributed by atoms with Gasteiger partial charge in [-0.1, -0.05) is 11.6 Å². The number of aromatic nitrogens is 1. The Hall–Kier alpha value is -3.69. The molecule has 1 saturated heterocycles. The lowest BCUT2D eigenvalue weighted by Gasteiger charge is -2.35. The Balaban J connectivity index is 1.33. The lowest BCUT2D eigenvalue weighted by molar-refractivity contribution is 0.0696. The van der Waals surface area contributed by atoms with Crippen LogP contribution in [-0.2, 0) is 0 Å². The van der Waals surface area contributed by atoms with E-state index in [2.05, 4.69) is 15.2 Å². The van der Waals surface area contributed by atoms with Crippen molar-refractivity contribution in [3.63, 3.8) is 0 Å². The molecule has 10 heteroatoms. The minimum atomic E-state index is -1.14. The number of anilines is 2. The number of carbonyl (C=O) groups excluding carboxylic acids is 1. The van der Waals surface area contributed by atoms with E-state index in [0.29, 0.717) is 30.5 Å². The molecule has 1 aromatic heterocycles. The molecule has 1 amide bonds. The van der Waals surface area contributed by atoms with Gasteiger partial charge < -0.3 is 20.1 Å². The van der Waals surface area contributed by atoms with E-state index in [-0.39, 0.29) is 16.8 Å². The number of hydrogen-bond donors (Lipinski definition) is 2. The first-order valence-corrected chi connectivity index (χ1v) is 11.4. The van der Waals surface area contributed by atoms with Crippen molar-refractivity contribution in [3.8, 4) is 5.75 Å². The van der Waals surface area contributed by atoms with Crippen LogP contribution in [0, 0.1) is 5.82 Å². The van der Waals surface area contributed by atoms with Gasteiger partial charge in [0.25, 0.3) is 5.91 Å². The van der Waals surface area contributed by atoms with E-state index in [1.807, 2.05) is 17.0 Å². The van der Waals surface area contributed by atoms with Crippen LogP contribution in [0.25, 0.3) is 0 Å². The maximum atomic E-state index is 13.1. The fourth-order valence-corrected chi connectivity index (χ4v) is 3.87. The number of aromatic carboxylic acids is 1. The van der Waals surface area contributed by atoms with Gasteiger partial charge in [-0.3, -0.25) is 9.69 Å². The molecule has 1 aliphatic heterocycles. The Morgan fingerprint density at radius 1 is 1.06 bits per heavy atom. The molecule has 182 valence electrons. The van der Waals surface area contributed by atoms with Crippen LogP contribution in [0.3, 0.4) is 0 Å². The average Bonchev–Trinajstić information content (AvgIpc) is 2.86. The lowest BCUT2D eigenvalue weighted by Crippen LogP contribution is -2.48. The van der Waals surface area contributed by atoms with E-state index in [1.54, 1.807) is 12.1 Å². The third-order valence-corrected chi connectivity index (χ3v) is 5.88. The average molecular weight is 499 g/mol. The van der Waals surface area contributed by atoms with Gasteiger partial charge in [-0.15, -0.1) is 0 Å². The summed E-state index contributed by atoms with van der Waals surface area (Å²) in [6, 6.07) is 13.7. The number of piperazine rings is 1. The molecule has 2 aromatic carbocycles. The highest BCUT2D eigenvalue weighted by Crippen LogP contribution is 2.23. The summed E-state index contributed by atoms with van der Waals surface area (Å²) in [5, 5.41) is 13.0. The van der Waals surface area contributed by atoms with Crippen molar-refractivity contribution in [3.05, 3.63) is 82.8 Å². The van der Waals surface area contributed by atoms with Crippen LogP contribution in [0.15, 0.2) is 60.8 Å². The second-order valence-electron chi connectivity index (χ2n) is 7.99. The van der Waals surface area contributed by atoms with Crippen molar-refractivity contribution in [2.75, 3.05) is 49.5 Å². The first-order chi connectivity index (χ1) is 16.9. The molecule has 0 unspecified atom stereocenters. The highest BCUT2D eigenvalue weighted by Gasteiger charge is 2.23. The van der Waals surface area contributed by atoms with Gasteiger partial charge in [0, 0.05) is 43.3 Å². The van der Waals surface area contributed by atoms with Crippen molar-refractivity contribution >= 4 is 35.0 Å². The quantitative estimate of drug-likeness (QED) is 0.484. The van der Waals surface area contributed by atoms with Gasteiger partial charge in [-0.25, -0.2) is 14.2 Å². The molecule has 0 aliphatic carbocycles. The first-order valence-electron chi connectivity index (χ1n) is 11.0. The number of carboxylic acid groups (broad SMARTS) is 1. The van der Waals surface area contributed by atoms with Gasteiger partial charge >= 0.3 is 5.97 Å². The third-order valence-electron chi connectivity index (χ3n) is 5.62. The minimum absolute atomic E-state index is 0.00132. The molecule has 3 aromatic rings. The normalized spacial score (nSPS) is 13.9.